The third kappa shape index (κ3) is 2.75. The van der Waals surface area contributed by atoms with Crippen molar-refractivity contribution in [1.29, 1.82) is 0 Å². The zero-order chi connectivity index (χ0) is 13.1. The largest absolute Gasteiger partial charge is 0.477 e. The molecule has 18 heavy (non-hydrogen) atoms. The van der Waals surface area contributed by atoms with E-state index in [1.165, 1.54) is 0 Å². The molecule has 0 radical (unpaired) electrons. The van der Waals surface area contributed by atoms with Gasteiger partial charge in [-0.1, -0.05) is 15.9 Å². The van der Waals surface area contributed by atoms with E-state index in [9.17, 15) is 9.59 Å². The average molecular weight is 310 g/mol. The van der Waals surface area contributed by atoms with Crippen molar-refractivity contribution < 1.29 is 9.90 Å². The molecule has 92 valence electrons. The van der Waals surface area contributed by atoms with Gasteiger partial charge in [0.25, 0.3) is 5.56 Å². The molecular formula is C11H8BrN3O3. The van der Waals surface area contributed by atoms with Crippen molar-refractivity contribution >= 4 is 33.5 Å². The fourth-order valence-corrected chi connectivity index (χ4v) is 1.55. The monoisotopic (exact) mass is 309 g/mol. The van der Waals surface area contributed by atoms with E-state index < -0.39 is 17.1 Å². The third-order valence-electron chi connectivity index (χ3n) is 2.14. The lowest BCUT2D eigenvalue weighted by Gasteiger charge is -2.05. The van der Waals surface area contributed by atoms with Gasteiger partial charge in [0, 0.05) is 10.2 Å². The van der Waals surface area contributed by atoms with Gasteiger partial charge in [-0.2, -0.15) is 0 Å². The molecule has 7 heteroatoms. The Hall–Kier alpha value is -2.15. The SMILES string of the molecule is O=C(O)c1cnc(Nc2ccc(Br)cc2)[nH]c1=O. The van der Waals surface area contributed by atoms with E-state index in [1.54, 1.807) is 12.1 Å². The Morgan fingerprint density at radius 3 is 2.56 bits per heavy atom. The summed E-state index contributed by atoms with van der Waals surface area (Å²) in [6.07, 6.45) is 1.02. The topological polar surface area (TPSA) is 95.1 Å². The van der Waals surface area contributed by atoms with Gasteiger partial charge < -0.3 is 10.4 Å². The summed E-state index contributed by atoms with van der Waals surface area (Å²) < 4.78 is 0.927. The Labute approximate surface area is 110 Å². The third-order valence-corrected chi connectivity index (χ3v) is 2.67. The summed E-state index contributed by atoms with van der Waals surface area (Å²) in [4.78, 5) is 28.2. The van der Waals surface area contributed by atoms with Gasteiger partial charge in [0.05, 0.1) is 6.20 Å². The highest BCUT2D eigenvalue weighted by Crippen LogP contribution is 2.16. The molecule has 0 unspecified atom stereocenters. The number of benzene rings is 1. The first-order valence-corrected chi connectivity index (χ1v) is 5.71. The number of carboxylic acid groups (broad SMARTS) is 1. The van der Waals surface area contributed by atoms with Gasteiger partial charge in [0.2, 0.25) is 5.95 Å². The number of rotatable bonds is 3. The maximum absolute atomic E-state index is 11.4. The minimum absolute atomic E-state index is 0.187. The van der Waals surface area contributed by atoms with E-state index in [-0.39, 0.29) is 5.95 Å². The summed E-state index contributed by atoms with van der Waals surface area (Å²) in [6.45, 7) is 0. The van der Waals surface area contributed by atoms with Crippen LogP contribution in [0.3, 0.4) is 0 Å². The quantitative estimate of drug-likeness (QED) is 0.805. The second kappa shape index (κ2) is 5.01. The molecule has 0 aliphatic rings. The van der Waals surface area contributed by atoms with E-state index in [2.05, 4.69) is 31.2 Å². The van der Waals surface area contributed by atoms with Crippen LogP contribution in [0, 0.1) is 0 Å². The highest BCUT2D eigenvalue weighted by molar-refractivity contribution is 9.10. The number of nitrogens with one attached hydrogen (secondary N) is 2. The van der Waals surface area contributed by atoms with Crippen LogP contribution < -0.4 is 10.9 Å². The molecule has 0 atom stereocenters. The maximum atomic E-state index is 11.4. The number of carboxylic acids is 1. The molecular weight excluding hydrogens is 302 g/mol. The van der Waals surface area contributed by atoms with E-state index in [0.717, 1.165) is 16.4 Å². The van der Waals surface area contributed by atoms with Crippen molar-refractivity contribution in [3.63, 3.8) is 0 Å². The minimum Gasteiger partial charge on any atom is -0.477 e. The number of carbonyl (C=O) groups is 1. The van der Waals surface area contributed by atoms with Crippen LogP contribution in [0.5, 0.6) is 0 Å². The zero-order valence-corrected chi connectivity index (χ0v) is 10.6. The second-order valence-electron chi connectivity index (χ2n) is 3.41. The van der Waals surface area contributed by atoms with Crippen molar-refractivity contribution in [2.75, 3.05) is 5.32 Å². The number of aromatic amines is 1. The van der Waals surface area contributed by atoms with Crippen LogP contribution in [-0.4, -0.2) is 21.0 Å². The number of hydrogen-bond donors (Lipinski definition) is 3. The normalized spacial score (nSPS) is 10.1. The number of anilines is 2. The van der Waals surface area contributed by atoms with Crippen molar-refractivity contribution in [2.45, 2.75) is 0 Å². The fourth-order valence-electron chi connectivity index (χ4n) is 1.28. The Morgan fingerprint density at radius 1 is 1.33 bits per heavy atom. The fraction of sp³-hybridized carbons (Fsp3) is 0. The summed E-state index contributed by atoms with van der Waals surface area (Å²) in [6, 6.07) is 7.22. The van der Waals surface area contributed by atoms with E-state index in [0.29, 0.717) is 0 Å². The molecule has 1 aromatic carbocycles. The number of aromatic carboxylic acids is 1. The predicted octanol–water partition coefficient (Wildman–Crippen LogP) is 1.97. The zero-order valence-electron chi connectivity index (χ0n) is 8.98. The number of nitrogens with zero attached hydrogens (tertiary/aromatic N) is 1. The van der Waals surface area contributed by atoms with E-state index in [4.69, 9.17) is 5.11 Å². The molecule has 0 saturated heterocycles. The smallest absolute Gasteiger partial charge is 0.342 e. The van der Waals surface area contributed by atoms with Gasteiger partial charge in [-0.05, 0) is 24.3 Å². The molecule has 3 N–H and O–H groups in total. The van der Waals surface area contributed by atoms with Gasteiger partial charge in [-0.3, -0.25) is 9.78 Å². The number of hydrogen-bond acceptors (Lipinski definition) is 4. The Kier molecular flexibility index (Phi) is 3.42. The highest BCUT2D eigenvalue weighted by Gasteiger charge is 2.09. The first-order chi connectivity index (χ1) is 8.56. The van der Waals surface area contributed by atoms with Gasteiger partial charge in [-0.25, -0.2) is 9.78 Å². The van der Waals surface area contributed by atoms with Crippen LogP contribution in [0.2, 0.25) is 0 Å². The van der Waals surface area contributed by atoms with Crippen LogP contribution in [0.15, 0.2) is 39.7 Å². The molecule has 0 amide bonds. The molecule has 0 aliphatic carbocycles. The molecule has 2 aromatic rings. The van der Waals surface area contributed by atoms with Crippen molar-refractivity contribution in [3.05, 3.63) is 50.9 Å². The van der Waals surface area contributed by atoms with Crippen LogP contribution in [0.25, 0.3) is 0 Å². The van der Waals surface area contributed by atoms with Crippen LogP contribution >= 0.6 is 15.9 Å². The lowest BCUT2D eigenvalue weighted by Crippen LogP contribution is -2.19. The van der Waals surface area contributed by atoms with Crippen molar-refractivity contribution in [1.82, 2.24) is 9.97 Å². The van der Waals surface area contributed by atoms with Gasteiger partial charge >= 0.3 is 5.97 Å². The second-order valence-corrected chi connectivity index (χ2v) is 4.33. The Balaban J connectivity index is 2.25. The van der Waals surface area contributed by atoms with Crippen LogP contribution in [0.1, 0.15) is 10.4 Å². The van der Waals surface area contributed by atoms with E-state index >= 15 is 0 Å². The first kappa shape index (κ1) is 12.3. The average Bonchev–Trinajstić information content (AvgIpc) is 2.32. The summed E-state index contributed by atoms with van der Waals surface area (Å²) >= 11 is 3.30. The molecule has 6 nitrogen and oxygen atoms in total. The molecule has 0 aliphatic heterocycles. The van der Waals surface area contributed by atoms with Crippen molar-refractivity contribution in [2.24, 2.45) is 0 Å². The molecule has 0 bridgehead atoms. The summed E-state index contributed by atoms with van der Waals surface area (Å²) in [7, 11) is 0. The molecule has 1 aromatic heterocycles. The summed E-state index contributed by atoms with van der Waals surface area (Å²) in [5.41, 5.74) is -0.363. The highest BCUT2D eigenvalue weighted by atomic mass is 79.9. The summed E-state index contributed by atoms with van der Waals surface area (Å²) in [5, 5.41) is 11.5. The Bertz CT molecular complexity index is 637. The van der Waals surface area contributed by atoms with Crippen LogP contribution in [0.4, 0.5) is 11.6 Å². The standard InChI is InChI=1S/C11H8BrN3O3/c12-6-1-3-7(4-2-6)14-11-13-5-8(10(17)18)9(16)15-11/h1-5H,(H,17,18)(H2,13,14,15,16). The lowest BCUT2D eigenvalue weighted by molar-refractivity contribution is 0.0694. The lowest BCUT2D eigenvalue weighted by atomic mass is 10.3. The van der Waals surface area contributed by atoms with Gasteiger partial charge in [0.1, 0.15) is 5.56 Å². The van der Waals surface area contributed by atoms with Crippen LogP contribution in [-0.2, 0) is 0 Å². The van der Waals surface area contributed by atoms with Crippen molar-refractivity contribution in [3.8, 4) is 0 Å². The van der Waals surface area contributed by atoms with Gasteiger partial charge in [-0.15, -0.1) is 0 Å². The van der Waals surface area contributed by atoms with Gasteiger partial charge in [0.15, 0.2) is 0 Å². The first-order valence-electron chi connectivity index (χ1n) is 4.91. The maximum Gasteiger partial charge on any atom is 0.342 e. The minimum atomic E-state index is -1.31. The number of aromatic nitrogens is 2. The number of H-pyrrole nitrogens is 1. The predicted molar refractivity (Wildman–Crippen MR) is 69.2 cm³/mol. The molecule has 0 spiro atoms. The summed E-state index contributed by atoms with van der Waals surface area (Å²) in [5.74, 6) is -1.12. The molecule has 2 rings (SSSR count). The molecule has 0 saturated carbocycles. The molecule has 0 fully saturated rings. The Morgan fingerprint density at radius 2 is 2.00 bits per heavy atom. The number of halogens is 1. The van der Waals surface area contributed by atoms with E-state index in [1.807, 2.05) is 12.1 Å². The molecule has 1 heterocycles.